The van der Waals surface area contributed by atoms with Gasteiger partial charge in [0.25, 0.3) is 0 Å². The van der Waals surface area contributed by atoms with Crippen molar-refractivity contribution in [1.29, 1.82) is 0 Å². The van der Waals surface area contributed by atoms with Gasteiger partial charge in [-0.3, -0.25) is 5.14 Å². The second-order valence-corrected chi connectivity index (χ2v) is 25.0. The minimum atomic E-state index is -1.72. The second kappa shape index (κ2) is 22.6. The molecule has 378 valence electrons. The first-order valence-electron chi connectivity index (χ1n) is 24.9. The van der Waals surface area contributed by atoms with E-state index in [0.29, 0.717) is 29.3 Å². The van der Waals surface area contributed by atoms with Crippen molar-refractivity contribution in [2.24, 2.45) is 17.0 Å². The molecule has 5 N–H and O–H groups in total. The maximum Gasteiger partial charge on any atom is 0.335 e. The van der Waals surface area contributed by atoms with Gasteiger partial charge in [-0.1, -0.05) is 84.4 Å². The summed E-state index contributed by atoms with van der Waals surface area (Å²) in [5.41, 5.74) is 12.4. The van der Waals surface area contributed by atoms with E-state index in [2.05, 4.69) is 82.1 Å². The summed E-state index contributed by atoms with van der Waals surface area (Å²) in [6.45, 7) is 13.4. The van der Waals surface area contributed by atoms with Gasteiger partial charge < -0.3 is 20.0 Å². The van der Waals surface area contributed by atoms with Crippen molar-refractivity contribution in [2.75, 3.05) is 36.0 Å². The van der Waals surface area contributed by atoms with E-state index in [0.717, 1.165) is 109 Å². The molecule has 4 atom stereocenters. The van der Waals surface area contributed by atoms with E-state index in [9.17, 15) is 28.2 Å². The second-order valence-electron chi connectivity index (χ2n) is 21.0. The van der Waals surface area contributed by atoms with Crippen LogP contribution in [0.1, 0.15) is 108 Å². The van der Waals surface area contributed by atoms with Crippen molar-refractivity contribution in [3.05, 3.63) is 177 Å². The first-order chi connectivity index (χ1) is 34.3. The van der Waals surface area contributed by atoms with Gasteiger partial charge in [-0.15, -0.1) is 0 Å². The molecular formula is C59H67ClN4O6S2. The molecule has 2 aliphatic rings. The van der Waals surface area contributed by atoms with Gasteiger partial charge >= 0.3 is 11.9 Å². The lowest BCUT2D eigenvalue weighted by atomic mass is 9.81. The number of hydrogen-bond acceptors (Lipinski definition) is 6. The number of carboxylic acid groups (broad SMARTS) is 2. The van der Waals surface area contributed by atoms with Gasteiger partial charge in [0.1, 0.15) is 0 Å². The van der Waals surface area contributed by atoms with Crippen LogP contribution in [0.25, 0.3) is 22.3 Å². The zero-order chi connectivity index (χ0) is 51.3. The highest BCUT2D eigenvalue weighted by Gasteiger charge is 2.36. The van der Waals surface area contributed by atoms with Crippen LogP contribution in [-0.2, 0) is 41.2 Å². The molecule has 2 aliphatic heterocycles. The van der Waals surface area contributed by atoms with Gasteiger partial charge in [0.2, 0.25) is 0 Å². The van der Waals surface area contributed by atoms with Gasteiger partial charge in [-0.05, 0) is 202 Å². The van der Waals surface area contributed by atoms with Crippen LogP contribution in [0.4, 0.5) is 11.4 Å². The Balaban J connectivity index is 1.06. The number of aromatic carboxylic acids is 2. The third kappa shape index (κ3) is 12.6. The molecule has 0 spiro atoms. The van der Waals surface area contributed by atoms with Crippen molar-refractivity contribution < 1.29 is 28.2 Å². The Morgan fingerprint density at radius 2 is 1.24 bits per heavy atom. The molecule has 0 aliphatic carbocycles. The van der Waals surface area contributed by atoms with Crippen molar-refractivity contribution in [3.63, 3.8) is 0 Å². The van der Waals surface area contributed by atoms with Crippen molar-refractivity contribution in [3.8, 4) is 22.3 Å². The number of nitrogens with two attached hydrogens (primary N) is 1. The summed E-state index contributed by atoms with van der Waals surface area (Å²) in [5, 5.41) is 26.0. The van der Waals surface area contributed by atoms with Crippen LogP contribution in [0.5, 0.6) is 0 Å². The molecule has 2 heterocycles. The van der Waals surface area contributed by atoms with Crippen molar-refractivity contribution in [1.82, 2.24) is 4.72 Å². The van der Waals surface area contributed by atoms with Crippen LogP contribution in [0.15, 0.2) is 133 Å². The minimum absolute atomic E-state index is 0.105. The number of nitrogens with zero attached hydrogens (tertiary/aromatic N) is 2. The summed E-state index contributed by atoms with van der Waals surface area (Å²) in [7, 11) is -3.13. The van der Waals surface area contributed by atoms with E-state index in [1.807, 2.05) is 76.2 Å². The highest BCUT2D eigenvalue weighted by molar-refractivity contribution is 7.84. The molecule has 0 amide bonds. The molecule has 2 saturated heterocycles. The molecule has 0 saturated carbocycles. The van der Waals surface area contributed by atoms with Crippen LogP contribution >= 0.6 is 11.6 Å². The van der Waals surface area contributed by atoms with Gasteiger partial charge in [0.05, 0.1) is 42.6 Å². The van der Waals surface area contributed by atoms with Crippen LogP contribution in [0.2, 0.25) is 5.02 Å². The summed E-state index contributed by atoms with van der Waals surface area (Å²) in [6, 6.07) is 43.4. The highest BCUT2D eigenvalue weighted by Crippen LogP contribution is 2.41. The molecule has 0 bridgehead atoms. The number of piperidine rings is 2. The quantitative estimate of drug-likeness (QED) is 0.0704. The maximum atomic E-state index is 14.2. The third-order valence-electron chi connectivity index (χ3n) is 14.8. The van der Waals surface area contributed by atoms with Crippen LogP contribution < -0.4 is 19.7 Å². The molecule has 0 aromatic heterocycles. The van der Waals surface area contributed by atoms with Crippen molar-refractivity contribution >= 4 is 56.9 Å². The topological polar surface area (TPSA) is 153 Å². The Morgan fingerprint density at radius 1 is 0.681 bits per heavy atom. The van der Waals surface area contributed by atoms with Gasteiger partial charge in [0.15, 0.2) is 0 Å². The van der Waals surface area contributed by atoms with E-state index in [1.165, 1.54) is 11.1 Å². The summed E-state index contributed by atoms with van der Waals surface area (Å²) in [5.74, 6) is -1.26. The van der Waals surface area contributed by atoms with Gasteiger partial charge in [-0.25, -0.2) is 22.7 Å². The fraction of sp³-hybridized carbons (Fsp3) is 0.356. The first kappa shape index (κ1) is 52.7. The zero-order valence-electron chi connectivity index (χ0n) is 41.9. The third-order valence-corrected chi connectivity index (χ3v) is 17.9. The van der Waals surface area contributed by atoms with E-state index in [-0.39, 0.29) is 17.5 Å². The Hall–Kier alpha value is -5.63. The standard InChI is InChI=1S/C59H67ClN4O6S2/c1-39-10-12-47(52-9-7-6-8-46(52)34-40-26-30-63(31-27-40)50-21-15-44(16-22-50)56(65)66)36-48(39)38-59(5,71(61)69)37-41-11-25-53(42-13-19-49(60)20-14-42)54(35-41)55(62-72(70)58(2,3)4)43-28-32-64(33-29-43)51-23-17-45(18-24-51)57(67)68/h6-25,35-36,40,43,55,62H,26-34,37-38,61H2,1-5H3,(H,65,66)(H,67,68). The number of aryl methyl sites for hydroxylation is 1. The van der Waals surface area contributed by atoms with E-state index >= 15 is 0 Å². The molecule has 6 aromatic rings. The average molecular weight is 1030 g/mol. The molecule has 2 fully saturated rings. The largest absolute Gasteiger partial charge is 0.478 e. The molecule has 13 heteroatoms. The fourth-order valence-electron chi connectivity index (χ4n) is 10.5. The minimum Gasteiger partial charge on any atom is -0.478 e. The SMILES string of the molecule is Cc1ccc(-c2ccccc2CC2CCN(c3ccc(C(=O)O)cc3)CC2)cc1CC(C)(Cc1ccc(-c2ccc(Cl)cc2)c(C(NS(=O)C(C)(C)C)C2CCN(c3ccc(C(=O)O)cc3)CC2)c1)S(N)=O. The Kier molecular flexibility index (Phi) is 16.6. The van der Waals surface area contributed by atoms with E-state index < -0.39 is 43.4 Å². The number of rotatable bonds is 17. The van der Waals surface area contributed by atoms with E-state index in [4.69, 9.17) is 16.7 Å². The molecule has 8 rings (SSSR count). The summed E-state index contributed by atoms with van der Waals surface area (Å²) < 4.78 is 30.4. The Bertz CT molecular complexity index is 2930. The van der Waals surface area contributed by atoms with Crippen LogP contribution in [-0.4, -0.2) is 66.2 Å². The molecule has 6 aromatic carbocycles. The zero-order valence-corrected chi connectivity index (χ0v) is 44.3. The van der Waals surface area contributed by atoms with Crippen LogP contribution in [0, 0.1) is 18.8 Å². The van der Waals surface area contributed by atoms with Crippen LogP contribution in [0.3, 0.4) is 0 Å². The predicted octanol–water partition coefficient (Wildman–Crippen LogP) is 12.0. The number of hydrogen-bond donors (Lipinski definition) is 4. The Labute approximate surface area is 435 Å². The highest BCUT2D eigenvalue weighted by atomic mass is 35.5. The first-order valence-corrected chi connectivity index (χ1v) is 27.7. The molecular weight excluding hydrogens is 960 g/mol. The number of carbonyl (C=O) groups is 2. The summed E-state index contributed by atoms with van der Waals surface area (Å²) in [6.07, 6.45) is 5.55. The number of anilines is 2. The number of benzene rings is 6. The predicted molar refractivity (Wildman–Crippen MR) is 296 cm³/mol. The monoisotopic (exact) mass is 1030 g/mol. The Morgan fingerprint density at radius 3 is 1.79 bits per heavy atom. The van der Waals surface area contributed by atoms with Crippen molar-refractivity contribution in [2.45, 2.75) is 95.1 Å². The lowest BCUT2D eigenvalue weighted by molar-refractivity contribution is 0.0686. The fourth-order valence-corrected chi connectivity index (χ4v) is 12.1. The average Bonchev–Trinajstić information content (AvgIpc) is 3.37. The molecule has 10 nitrogen and oxygen atoms in total. The van der Waals surface area contributed by atoms with Gasteiger partial charge in [-0.2, -0.15) is 0 Å². The smallest absolute Gasteiger partial charge is 0.335 e. The number of nitrogens with one attached hydrogen (secondary N) is 1. The molecule has 72 heavy (non-hydrogen) atoms. The number of carboxylic acids is 2. The molecule has 0 radical (unpaired) electrons. The number of halogens is 1. The normalized spacial score (nSPS) is 17.0. The lowest BCUT2D eigenvalue weighted by Crippen LogP contribution is -2.43. The molecule has 4 unspecified atom stereocenters. The summed E-state index contributed by atoms with van der Waals surface area (Å²) >= 11 is 6.42. The lowest BCUT2D eigenvalue weighted by Gasteiger charge is -2.39. The van der Waals surface area contributed by atoms with Gasteiger partial charge in [0, 0.05) is 48.6 Å². The van der Waals surface area contributed by atoms with E-state index in [1.54, 1.807) is 24.3 Å². The summed E-state index contributed by atoms with van der Waals surface area (Å²) in [4.78, 5) is 27.6. The maximum absolute atomic E-state index is 14.2.